The van der Waals surface area contributed by atoms with E-state index in [-0.39, 0.29) is 0 Å². The van der Waals surface area contributed by atoms with Crippen LogP contribution in [0.3, 0.4) is 0 Å². The first kappa shape index (κ1) is 15.1. The Hall–Kier alpha value is -1.28. The summed E-state index contributed by atoms with van der Waals surface area (Å²) in [6.45, 7) is 4.48. The van der Waals surface area contributed by atoms with E-state index in [0.717, 1.165) is 15.9 Å². The van der Waals surface area contributed by atoms with Crippen molar-refractivity contribution in [1.29, 1.82) is 0 Å². The fourth-order valence-corrected chi connectivity index (χ4v) is 2.72. The van der Waals surface area contributed by atoms with Crippen LogP contribution in [0.4, 0.5) is 5.69 Å². The van der Waals surface area contributed by atoms with E-state index in [1.54, 1.807) is 0 Å². The molecule has 0 aliphatic rings. The molecule has 0 saturated carbocycles. The zero-order chi connectivity index (χ0) is 14.4. The van der Waals surface area contributed by atoms with E-state index in [4.69, 9.17) is 11.6 Å². The number of halogens is 1. The minimum absolute atomic E-state index is 0.543. The summed E-state index contributed by atoms with van der Waals surface area (Å²) in [4.78, 5) is 4.39. The van der Waals surface area contributed by atoms with Gasteiger partial charge in [-0.2, -0.15) is 0 Å². The number of anilines is 1. The van der Waals surface area contributed by atoms with Crippen LogP contribution in [0, 0.1) is 0 Å². The highest BCUT2D eigenvalue weighted by atomic mass is 35.5. The predicted octanol–water partition coefficient (Wildman–Crippen LogP) is 5.66. The van der Waals surface area contributed by atoms with Crippen LogP contribution in [0.5, 0.6) is 0 Å². The highest BCUT2D eigenvalue weighted by Crippen LogP contribution is 2.26. The van der Waals surface area contributed by atoms with Crippen LogP contribution in [0.25, 0.3) is 10.9 Å². The first-order valence-corrected chi connectivity index (χ1v) is 7.93. The first-order chi connectivity index (χ1) is 9.74. The smallest absolute Gasteiger partial charge is 0.0737 e. The van der Waals surface area contributed by atoms with Crippen molar-refractivity contribution in [3.8, 4) is 0 Å². The maximum absolute atomic E-state index is 6.03. The predicted molar refractivity (Wildman–Crippen MR) is 88.6 cm³/mol. The Kier molecular flexibility index (Phi) is 5.66. The normalized spacial score (nSPS) is 12.6. The monoisotopic (exact) mass is 290 g/mol. The van der Waals surface area contributed by atoms with E-state index in [1.807, 2.05) is 18.3 Å². The van der Waals surface area contributed by atoms with Gasteiger partial charge in [-0.3, -0.25) is 4.98 Å². The van der Waals surface area contributed by atoms with Crippen molar-refractivity contribution in [2.24, 2.45) is 0 Å². The second kappa shape index (κ2) is 7.49. The largest absolute Gasteiger partial charge is 0.382 e. The highest BCUT2D eigenvalue weighted by Gasteiger charge is 2.09. The lowest BCUT2D eigenvalue weighted by Crippen LogP contribution is -2.19. The van der Waals surface area contributed by atoms with Gasteiger partial charge in [0, 0.05) is 28.3 Å². The molecule has 0 aliphatic carbocycles. The standard InChI is InChI=1S/C17H23ClN2/c1-3-5-7-14(6-4-2)20-16-10-11-19-17-12-13(18)8-9-15(16)17/h8-12,14H,3-7H2,1-2H3,(H,19,20). The second-order valence-corrected chi connectivity index (χ2v) is 5.73. The molecule has 0 bridgehead atoms. The van der Waals surface area contributed by atoms with E-state index < -0.39 is 0 Å². The lowest BCUT2D eigenvalue weighted by Gasteiger charge is -2.20. The summed E-state index contributed by atoms with van der Waals surface area (Å²) in [6.07, 6.45) is 8.00. The van der Waals surface area contributed by atoms with Crippen LogP contribution in [0.15, 0.2) is 30.5 Å². The second-order valence-electron chi connectivity index (χ2n) is 5.29. The average molecular weight is 291 g/mol. The average Bonchev–Trinajstić information content (AvgIpc) is 2.45. The van der Waals surface area contributed by atoms with Crippen molar-refractivity contribution in [2.45, 2.75) is 52.0 Å². The number of rotatable bonds is 7. The summed E-state index contributed by atoms with van der Waals surface area (Å²) in [6, 6.07) is 8.50. The van der Waals surface area contributed by atoms with Gasteiger partial charge in [-0.1, -0.05) is 44.7 Å². The summed E-state index contributed by atoms with van der Waals surface area (Å²) in [5, 5.41) is 5.58. The van der Waals surface area contributed by atoms with Gasteiger partial charge in [0.1, 0.15) is 0 Å². The molecule has 1 unspecified atom stereocenters. The topological polar surface area (TPSA) is 24.9 Å². The molecule has 0 aliphatic heterocycles. The first-order valence-electron chi connectivity index (χ1n) is 7.55. The number of fused-ring (bicyclic) bond motifs is 1. The van der Waals surface area contributed by atoms with Crippen molar-refractivity contribution in [3.05, 3.63) is 35.5 Å². The number of hydrogen-bond donors (Lipinski definition) is 1. The summed E-state index contributed by atoms with van der Waals surface area (Å²) < 4.78 is 0. The third kappa shape index (κ3) is 3.86. The number of hydrogen-bond acceptors (Lipinski definition) is 2. The van der Waals surface area contributed by atoms with E-state index in [1.165, 1.54) is 37.8 Å². The maximum atomic E-state index is 6.03. The number of pyridine rings is 1. The van der Waals surface area contributed by atoms with Gasteiger partial charge in [0.05, 0.1) is 5.52 Å². The van der Waals surface area contributed by atoms with Gasteiger partial charge in [0.25, 0.3) is 0 Å². The molecule has 0 saturated heterocycles. The Balaban J connectivity index is 2.22. The molecule has 1 aromatic heterocycles. The fraction of sp³-hybridized carbons (Fsp3) is 0.471. The van der Waals surface area contributed by atoms with Crippen LogP contribution in [0.2, 0.25) is 5.02 Å². The van der Waals surface area contributed by atoms with E-state index in [9.17, 15) is 0 Å². The number of unbranched alkanes of at least 4 members (excludes halogenated alkanes) is 1. The van der Waals surface area contributed by atoms with E-state index in [0.29, 0.717) is 6.04 Å². The van der Waals surface area contributed by atoms with Crippen molar-refractivity contribution in [1.82, 2.24) is 4.98 Å². The van der Waals surface area contributed by atoms with Gasteiger partial charge in [-0.15, -0.1) is 0 Å². The minimum Gasteiger partial charge on any atom is -0.382 e. The number of nitrogens with one attached hydrogen (secondary N) is 1. The summed E-state index contributed by atoms with van der Waals surface area (Å²) in [5.41, 5.74) is 2.12. The number of aromatic nitrogens is 1. The van der Waals surface area contributed by atoms with Crippen LogP contribution >= 0.6 is 11.6 Å². The molecule has 2 nitrogen and oxygen atoms in total. The molecule has 2 aromatic rings. The summed E-state index contributed by atoms with van der Waals surface area (Å²) >= 11 is 6.03. The molecule has 1 atom stereocenters. The van der Waals surface area contributed by atoms with Crippen molar-refractivity contribution in [2.75, 3.05) is 5.32 Å². The fourth-order valence-electron chi connectivity index (χ4n) is 2.55. The Morgan fingerprint density at radius 2 is 2.00 bits per heavy atom. The lowest BCUT2D eigenvalue weighted by atomic mass is 10.0. The third-order valence-electron chi connectivity index (χ3n) is 3.61. The molecule has 1 N–H and O–H groups in total. The Morgan fingerprint density at radius 1 is 1.15 bits per heavy atom. The molecule has 3 heteroatoms. The number of nitrogens with zero attached hydrogens (tertiary/aromatic N) is 1. The Morgan fingerprint density at radius 3 is 2.75 bits per heavy atom. The summed E-state index contributed by atoms with van der Waals surface area (Å²) in [7, 11) is 0. The molecule has 1 aromatic carbocycles. The molecule has 2 rings (SSSR count). The lowest BCUT2D eigenvalue weighted by molar-refractivity contribution is 0.565. The van der Waals surface area contributed by atoms with Crippen LogP contribution in [-0.2, 0) is 0 Å². The molecule has 108 valence electrons. The molecule has 20 heavy (non-hydrogen) atoms. The van der Waals surface area contributed by atoms with Gasteiger partial charge < -0.3 is 5.32 Å². The Labute approximate surface area is 126 Å². The zero-order valence-electron chi connectivity index (χ0n) is 12.3. The number of benzene rings is 1. The van der Waals surface area contributed by atoms with Gasteiger partial charge in [-0.05, 0) is 37.1 Å². The van der Waals surface area contributed by atoms with Gasteiger partial charge in [-0.25, -0.2) is 0 Å². The molecule has 0 radical (unpaired) electrons. The summed E-state index contributed by atoms with van der Waals surface area (Å²) in [5.74, 6) is 0. The Bertz CT molecular complexity index is 554. The van der Waals surface area contributed by atoms with Crippen molar-refractivity contribution < 1.29 is 0 Å². The van der Waals surface area contributed by atoms with Crippen LogP contribution in [0.1, 0.15) is 46.0 Å². The quantitative estimate of drug-likeness (QED) is 0.712. The highest BCUT2D eigenvalue weighted by molar-refractivity contribution is 6.31. The van der Waals surface area contributed by atoms with Gasteiger partial charge in [0.15, 0.2) is 0 Å². The SMILES string of the molecule is CCCCC(CCC)Nc1ccnc2cc(Cl)ccc12. The zero-order valence-corrected chi connectivity index (χ0v) is 13.1. The van der Waals surface area contributed by atoms with Crippen LogP contribution in [-0.4, -0.2) is 11.0 Å². The molecule has 1 heterocycles. The van der Waals surface area contributed by atoms with Crippen LogP contribution < -0.4 is 5.32 Å². The van der Waals surface area contributed by atoms with Crippen molar-refractivity contribution in [3.63, 3.8) is 0 Å². The van der Waals surface area contributed by atoms with Gasteiger partial charge >= 0.3 is 0 Å². The molecule has 0 amide bonds. The van der Waals surface area contributed by atoms with Gasteiger partial charge in [0.2, 0.25) is 0 Å². The van der Waals surface area contributed by atoms with E-state index in [2.05, 4.69) is 36.3 Å². The molecule has 0 fully saturated rings. The van der Waals surface area contributed by atoms with E-state index >= 15 is 0 Å². The maximum Gasteiger partial charge on any atom is 0.0737 e. The van der Waals surface area contributed by atoms with Crippen molar-refractivity contribution >= 4 is 28.2 Å². The minimum atomic E-state index is 0.543. The molecular formula is C17H23ClN2. The third-order valence-corrected chi connectivity index (χ3v) is 3.84. The molecular weight excluding hydrogens is 268 g/mol. The molecule has 0 spiro atoms.